The number of aromatic amines is 1. The van der Waals surface area contributed by atoms with Gasteiger partial charge in [0.05, 0.1) is 16.1 Å². The fourth-order valence-corrected chi connectivity index (χ4v) is 2.88. The molecule has 2 nitrogen and oxygen atoms in total. The minimum absolute atomic E-state index is 0.668. The first-order valence-corrected chi connectivity index (χ1v) is 7.31. The summed E-state index contributed by atoms with van der Waals surface area (Å²) in [4.78, 5) is 3.25. The molecular formula is C14H10BrClN2S. The van der Waals surface area contributed by atoms with Crippen LogP contribution in [0, 0.1) is 11.7 Å². The zero-order valence-electron chi connectivity index (χ0n) is 10.1. The molecule has 0 saturated heterocycles. The van der Waals surface area contributed by atoms with Crippen molar-refractivity contribution in [2.75, 3.05) is 0 Å². The molecule has 96 valence electrons. The topological polar surface area (TPSA) is 20.7 Å². The number of hydrogen-bond acceptors (Lipinski definition) is 1. The Balaban J connectivity index is 2.36. The van der Waals surface area contributed by atoms with E-state index in [1.165, 1.54) is 5.56 Å². The highest BCUT2D eigenvalue weighted by atomic mass is 79.9. The molecule has 2 aromatic carbocycles. The van der Waals surface area contributed by atoms with E-state index in [2.05, 4.69) is 33.9 Å². The summed E-state index contributed by atoms with van der Waals surface area (Å²) in [5, 5.41) is 0.668. The Kier molecular flexibility index (Phi) is 3.25. The number of H-pyrrole nitrogens is 1. The van der Waals surface area contributed by atoms with Gasteiger partial charge in [0, 0.05) is 10.2 Å². The van der Waals surface area contributed by atoms with E-state index in [0.29, 0.717) is 9.79 Å². The van der Waals surface area contributed by atoms with Crippen molar-refractivity contribution < 1.29 is 0 Å². The number of rotatable bonds is 1. The maximum atomic E-state index is 6.16. The van der Waals surface area contributed by atoms with Crippen molar-refractivity contribution in [3.8, 4) is 5.69 Å². The lowest BCUT2D eigenvalue weighted by Gasteiger charge is -2.06. The summed E-state index contributed by atoms with van der Waals surface area (Å²) in [7, 11) is 0. The molecular weight excluding hydrogens is 344 g/mol. The first-order valence-electron chi connectivity index (χ1n) is 5.73. The van der Waals surface area contributed by atoms with Crippen LogP contribution in [0.1, 0.15) is 5.56 Å². The second-order valence-corrected chi connectivity index (χ2v) is 5.98. The van der Waals surface area contributed by atoms with E-state index in [-0.39, 0.29) is 0 Å². The molecule has 0 bridgehead atoms. The number of aryl methyl sites for hydroxylation is 1. The smallest absolute Gasteiger partial charge is 0.182 e. The number of para-hydroxylation sites is 1. The number of halogens is 2. The molecule has 0 aliphatic rings. The van der Waals surface area contributed by atoms with E-state index in [4.69, 9.17) is 23.8 Å². The van der Waals surface area contributed by atoms with Crippen molar-refractivity contribution in [1.29, 1.82) is 0 Å². The summed E-state index contributed by atoms with van der Waals surface area (Å²) in [5.74, 6) is 0. The highest BCUT2D eigenvalue weighted by Crippen LogP contribution is 2.28. The molecule has 0 unspecified atom stereocenters. The van der Waals surface area contributed by atoms with Crippen LogP contribution in [-0.4, -0.2) is 9.55 Å². The molecule has 0 aliphatic heterocycles. The number of nitrogens with one attached hydrogen (secondary N) is 1. The lowest BCUT2D eigenvalue weighted by Crippen LogP contribution is -1.93. The molecule has 19 heavy (non-hydrogen) atoms. The Morgan fingerprint density at radius 1 is 1.26 bits per heavy atom. The van der Waals surface area contributed by atoms with Crippen LogP contribution in [-0.2, 0) is 0 Å². The molecule has 3 aromatic rings. The Labute approximate surface area is 129 Å². The van der Waals surface area contributed by atoms with Gasteiger partial charge < -0.3 is 4.98 Å². The van der Waals surface area contributed by atoms with Crippen LogP contribution in [0.15, 0.2) is 40.9 Å². The van der Waals surface area contributed by atoms with Gasteiger partial charge in [0.1, 0.15) is 0 Å². The zero-order chi connectivity index (χ0) is 13.6. The molecule has 5 heteroatoms. The SMILES string of the molecule is Cc1cccc2c1[nH]c(=S)n2-c1ccc(Br)c(Cl)c1. The van der Waals surface area contributed by atoms with Crippen LogP contribution < -0.4 is 0 Å². The van der Waals surface area contributed by atoms with E-state index < -0.39 is 0 Å². The van der Waals surface area contributed by atoms with Gasteiger partial charge in [-0.2, -0.15) is 0 Å². The maximum Gasteiger partial charge on any atom is 0.182 e. The third-order valence-electron chi connectivity index (χ3n) is 3.09. The van der Waals surface area contributed by atoms with Crippen LogP contribution in [0.2, 0.25) is 5.02 Å². The average molecular weight is 354 g/mol. The van der Waals surface area contributed by atoms with E-state index in [1.54, 1.807) is 0 Å². The normalized spacial score (nSPS) is 11.1. The molecule has 1 aromatic heterocycles. The molecule has 0 atom stereocenters. The number of benzene rings is 2. The van der Waals surface area contributed by atoms with E-state index in [0.717, 1.165) is 21.2 Å². The first-order chi connectivity index (χ1) is 9.08. The molecule has 0 saturated carbocycles. The van der Waals surface area contributed by atoms with Gasteiger partial charge in [0.2, 0.25) is 0 Å². The summed E-state index contributed by atoms with van der Waals surface area (Å²) in [6.07, 6.45) is 0. The molecule has 1 N–H and O–H groups in total. The fourth-order valence-electron chi connectivity index (χ4n) is 2.15. The standard InChI is InChI=1S/C14H10BrClN2S/c1-8-3-2-4-12-13(8)17-14(19)18(12)9-5-6-10(15)11(16)7-9/h2-7H,1H3,(H,17,19). The van der Waals surface area contributed by atoms with Crippen LogP contribution in [0.25, 0.3) is 16.7 Å². The predicted octanol–water partition coefficient (Wildman–Crippen LogP) is 5.41. The quantitative estimate of drug-likeness (QED) is 0.580. The van der Waals surface area contributed by atoms with Crippen molar-refractivity contribution in [1.82, 2.24) is 9.55 Å². The number of imidazole rings is 1. The highest BCUT2D eigenvalue weighted by molar-refractivity contribution is 9.10. The zero-order valence-corrected chi connectivity index (χ0v) is 13.2. The number of nitrogens with zero attached hydrogens (tertiary/aromatic N) is 1. The maximum absolute atomic E-state index is 6.16. The fraction of sp³-hybridized carbons (Fsp3) is 0.0714. The lowest BCUT2D eigenvalue weighted by molar-refractivity contribution is 1.06. The van der Waals surface area contributed by atoms with Gasteiger partial charge in [0.25, 0.3) is 0 Å². The average Bonchev–Trinajstić information content (AvgIpc) is 2.71. The Morgan fingerprint density at radius 2 is 2.05 bits per heavy atom. The van der Waals surface area contributed by atoms with Crippen molar-refractivity contribution in [3.05, 3.63) is 56.2 Å². The van der Waals surface area contributed by atoms with Gasteiger partial charge in [-0.05, 0) is 64.9 Å². The second-order valence-electron chi connectivity index (χ2n) is 4.33. The van der Waals surface area contributed by atoms with Crippen molar-refractivity contribution >= 4 is 50.8 Å². The molecule has 0 amide bonds. The third-order valence-corrected chi connectivity index (χ3v) is 4.61. The van der Waals surface area contributed by atoms with Crippen molar-refractivity contribution in [2.45, 2.75) is 6.92 Å². The van der Waals surface area contributed by atoms with Gasteiger partial charge in [-0.25, -0.2) is 0 Å². The lowest BCUT2D eigenvalue weighted by atomic mass is 10.2. The Bertz CT molecular complexity index is 835. The van der Waals surface area contributed by atoms with Gasteiger partial charge in [-0.3, -0.25) is 4.57 Å². The van der Waals surface area contributed by atoms with E-state index in [9.17, 15) is 0 Å². The van der Waals surface area contributed by atoms with Crippen LogP contribution >= 0.6 is 39.7 Å². The van der Waals surface area contributed by atoms with Crippen LogP contribution in [0.4, 0.5) is 0 Å². The largest absolute Gasteiger partial charge is 0.330 e. The Morgan fingerprint density at radius 3 is 2.79 bits per heavy atom. The van der Waals surface area contributed by atoms with Crippen molar-refractivity contribution in [2.24, 2.45) is 0 Å². The second kappa shape index (κ2) is 4.78. The van der Waals surface area contributed by atoms with E-state index in [1.807, 2.05) is 34.9 Å². The summed E-state index contributed by atoms with van der Waals surface area (Å²) < 4.78 is 3.54. The van der Waals surface area contributed by atoms with Gasteiger partial charge in [0.15, 0.2) is 4.77 Å². The van der Waals surface area contributed by atoms with Crippen LogP contribution in [0.3, 0.4) is 0 Å². The minimum Gasteiger partial charge on any atom is -0.330 e. The number of aromatic nitrogens is 2. The minimum atomic E-state index is 0.668. The number of fused-ring (bicyclic) bond motifs is 1. The molecule has 0 spiro atoms. The molecule has 0 fully saturated rings. The predicted molar refractivity (Wildman–Crippen MR) is 85.9 cm³/mol. The third kappa shape index (κ3) is 2.14. The highest BCUT2D eigenvalue weighted by Gasteiger charge is 2.09. The number of hydrogen-bond donors (Lipinski definition) is 1. The van der Waals surface area contributed by atoms with Gasteiger partial charge in [-0.15, -0.1) is 0 Å². The van der Waals surface area contributed by atoms with Gasteiger partial charge >= 0.3 is 0 Å². The molecule has 0 radical (unpaired) electrons. The summed E-state index contributed by atoms with van der Waals surface area (Å²) in [6.45, 7) is 2.06. The monoisotopic (exact) mass is 352 g/mol. The van der Waals surface area contributed by atoms with Crippen molar-refractivity contribution in [3.63, 3.8) is 0 Å². The molecule has 3 rings (SSSR count). The van der Waals surface area contributed by atoms with Crippen LogP contribution in [0.5, 0.6) is 0 Å². The molecule has 1 heterocycles. The van der Waals surface area contributed by atoms with Gasteiger partial charge in [-0.1, -0.05) is 23.7 Å². The first kappa shape index (κ1) is 12.9. The Hall–Kier alpha value is -1.10. The molecule has 0 aliphatic carbocycles. The summed E-state index contributed by atoms with van der Waals surface area (Å²) >= 11 is 15.0. The van der Waals surface area contributed by atoms with E-state index >= 15 is 0 Å². The summed E-state index contributed by atoms with van der Waals surface area (Å²) in [5.41, 5.74) is 4.25. The summed E-state index contributed by atoms with van der Waals surface area (Å²) in [6, 6.07) is 11.9.